The van der Waals surface area contributed by atoms with Crippen LogP contribution in [0.15, 0.2) is 11.6 Å². The predicted molar refractivity (Wildman–Crippen MR) is 61.2 cm³/mol. The van der Waals surface area contributed by atoms with Crippen LogP contribution in [-0.2, 0) is 4.79 Å². The Morgan fingerprint density at radius 3 is 3.00 bits per heavy atom. The number of rotatable bonds is 4. The summed E-state index contributed by atoms with van der Waals surface area (Å²) in [5, 5.41) is 8.79. The fourth-order valence-electron chi connectivity index (χ4n) is 0.855. The van der Waals surface area contributed by atoms with Crippen LogP contribution in [0.3, 0.4) is 0 Å². The highest BCUT2D eigenvalue weighted by Gasteiger charge is 2.10. The second kappa shape index (κ2) is 5.67. The van der Waals surface area contributed by atoms with Crippen molar-refractivity contribution in [3.63, 3.8) is 0 Å². The van der Waals surface area contributed by atoms with Crippen molar-refractivity contribution in [1.82, 2.24) is 4.98 Å². The molecule has 0 aliphatic carbocycles. The normalized spacial score (nSPS) is 10.7. The Morgan fingerprint density at radius 1 is 1.67 bits per heavy atom. The molecule has 1 rings (SSSR count). The molecule has 0 aromatic carbocycles. The second-order valence-corrected chi connectivity index (χ2v) is 4.66. The predicted octanol–water partition coefficient (Wildman–Crippen LogP) is 2.13. The van der Waals surface area contributed by atoms with Gasteiger partial charge in [-0.25, -0.2) is 9.78 Å². The van der Waals surface area contributed by atoms with E-state index in [1.165, 1.54) is 35.5 Å². The molecule has 6 heteroatoms. The molecule has 15 heavy (non-hydrogen) atoms. The molecule has 1 N–H and O–H groups in total. The fraction of sp³-hybridized carbons (Fsp3) is 0.222. The lowest BCUT2D eigenvalue weighted by Gasteiger charge is -1.90. The maximum absolute atomic E-state index is 10.7. The second-order valence-electron chi connectivity index (χ2n) is 2.58. The topological polar surface area (TPSA) is 67.3 Å². The quantitative estimate of drug-likeness (QED) is 0.877. The highest BCUT2D eigenvalue weighted by Crippen LogP contribution is 2.15. The summed E-state index contributed by atoms with van der Waals surface area (Å²) in [6.07, 6.45) is 3.43. The van der Waals surface area contributed by atoms with Gasteiger partial charge in [-0.1, -0.05) is 17.8 Å². The molecule has 0 fully saturated rings. The van der Waals surface area contributed by atoms with Crippen LogP contribution in [0, 0.1) is 0 Å². The van der Waals surface area contributed by atoms with Gasteiger partial charge in [0.25, 0.3) is 0 Å². The van der Waals surface area contributed by atoms with Crippen LogP contribution in [0.5, 0.6) is 0 Å². The smallest absolute Gasteiger partial charge is 0.356 e. The molecular weight excluding hydrogens is 234 g/mol. The molecule has 0 saturated heterocycles. The van der Waals surface area contributed by atoms with E-state index in [1.54, 1.807) is 12.2 Å². The van der Waals surface area contributed by atoms with E-state index >= 15 is 0 Å². The summed E-state index contributed by atoms with van der Waals surface area (Å²) in [5.74, 6) is -0.484. The first kappa shape index (κ1) is 11.9. The van der Waals surface area contributed by atoms with E-state index < -0.39 is 5.97 Å². The molecule has 1 aromatic heterocycles. The summed E-state index contributed by atoms with van der Waals surface area (Å²) in [7, 11) is 0. The maximum Gasteiger partial charge on any atom is 0.356 e. The Balaban J connectivity index is 2.60. The van der Waals surface area contributed by atoms with Gasteiger partial charge in [0.1, 0.15) is 0 Å². The molecular formula is C9H9NO3S2. The summed E-state index contributed by atoms with van der Waals surface area (Å²) in [6, 6.07) is 0. The van der Waals surface area contributed by atoms with Gasteiger partial charge in [0, 0.05) is 12.7 Å². The number of carboxylic acid groups (broad SMARTS) is 1. The van der Waals surface area contributed by atoms with Crippen molar-refractivity contribution in [2.24, 2.45) is 0 Å². The van der Waals surface area contributed by atoms with E-state index in [1.807, 2.05) is 0 Å². The van der Waals surface area contributed by atoms with Gasteiger partial charge < -0.3 is 5.11 Å². The molecule has 80 valence electrons. The summed E-state index contributed by atoms with van der Waals surface area (Å²) >= 11 is 2.44. The van der Waals surface area contributed by atoms with Gasteiger partial charge in [-0.3, -0.25) is 4.79 Å². The average Bonchev–Trinajstić information content (AvgIpc) is 2.60. The third kappa shape index (κ3) is 3.85. The fourth-order valence-corrected chi connectivity index (χ4v) is 1.98. The average molecular weight is 243 g/mol. The molecule has 1 aromatic rings. The number of nitrogens with zero attached hydrogens (tertiary/aromatic N) is 1. The molecule has 0 bridgehead atoms. The Labute approximate surface area is 95.0 Å². The molecule has 1 heterocycles. The lowest BCUT2D eigenvalue weighted by Crippen LogP contribution is -1.97. The summed E-state index contributed by atoms with van der Waals surface area (Å²) in [5.41, 5.74) is 1.55. The van der Waals surface area contributed by atoms with Crippen LogP contribution in [0.4, 0.5) is 0 Å². The number of thioether (sulfide) groups is 1. The number of aromatic nitrogens is 1. The lowest BCUT2D eigenvalue weighted by molar-refractivity contribution is -0.109. The zero-order valence-corrected chi connectivity index (χ0v) is 9.60. The van der Waals surface area contributed by atoms with Crippen LogP contribution in [-0.4, -0.2) is 26.9 Å². The lowest BCUT2D eigenvalue weighted by atomic mass is 10.3. The van der Waals surface area contributed by atoms with Crippen molar-refractivity contribution in [1.29, 1.82) is 0 Å². The van der Waals surface area contributed by atoms with Gasteiger partial charge in [0.2, 0.25) is 0 Å². The molecule has 0 aliphatic heterocycles. The number of aromatic carboxylic acids is 1. The van der Waals surface area contributed by atoms with E-state index in [0.29, 0.717) is 10.6 Å². The van der Waals surface area contributed by atoms with Crippen molar-refractivity contribution in [2.75, 3.05) is 5.75 Å². The van der Waals surface area contributed by atoms with Gasteiger partial charge in [-0.05, 0) is 6.08 Å². The Bertz CT molecular complexity index is 398. The van der Waals surface area contributed by atoms with E-state index in [2.05, 4.69) is 4.98 Å². The van der Waals surface area contributed by atoms with Crippen molar-refractivity contribution >= 4 is 40.3 Å². The van der Waals surface area contributed by atoms with Gasteiger partial charge >= 0.3 is 5.97 Å². The van der Waals surface area contributed by atoms with E-state index in [9.17, 15) is 9.59 Å². The third-order valence-electron chi connectivity index (χ3n) is 1.45. The zero-order valence-electron chi connectivity index (χ0n) is 7.97. The highest BCUT2D eigenvalue weighted by atomic mass is 32.2. The minimum Gasteiger partial charge on any atom is -0.476 e. The van der Waals surface area contributed by atoms with Crippen molar-refractivity contribution in [3.05, 3.63) is 22.2 Å². The van der Waals surface area contributed by atoms with Gasteiger partial charge in [-0.15, -0.1) is 11.3 Å². The number of thiazole rings is 1. The molecule has 0 spiro atoms. The zero-order chi connectivity index (χ0) is 11.3. The largest absolute Gasteiger partial charge is 0.476 e. The number of carboxylic acids is 1. The van der Waals surface area contributed by atoms with Crippen LogP contribution in [0.25, 0.3) is 6.08 Å². The Hall–Kier alpha value is -1.14. The van der Waals surface area contributed by atoms with Crippen molar-refractivity contribution in [2.45, 2.75) is 6.92 Å². The SMILES string of the molecule is CC(=O)SCC=Cc1scnc1C(=O)O. The number of hydrogen-bond donors (Lipinski definition) is 1. The maximum atomic E-state index is 10.7. The van der Waals surface area contributed by atoms with Gasteiger partial charge in [0.05, 0.1) is 10.4 Å². The summed E-state index contributed by atoms with van der Waals surface area (Å²) in [4.78, 5) is 25.6. The van der Waals surface area contributed by atoms with Crippen LogP contribution in [0.2, 0.25) is 0 Å². The number of hydrogen-bond acceptors (Lipinski definition) is 5. The van der Waals surface area contributed by atoms with Crippen molar-refractivity contribution in [3.8, 4) is 0 Å². The first-order valence-electron chi connectivity index (χ1n) is 4.08. The molecule has 0 radical (unpaired) electrons. The monoisotopic (exact) mass is 243 g/mol. The highest BCUT2D eigenvalue weighted by molar-refractivity contribution is 8.13. The summed E-state index contributed by atoms with van der Waals surface area (Å²) in [6.45, 7) is 1.49. The van der Waals surface area contributed by atoms with E-state index in [-0.39, 0.29) is 10.8 Å². The van der Waals surface area contributed by atoms with Crippen LogP contribution < -0.4 is 0 Å². The first-order chi connectivity index (χ1) is 7.11. The minimum absolute atomic E-state index is 0.0439. The molecule has 0 saturated carbocycles. The molecule has 0 atom stereocenters. The first-order valence-corrected chi connectivity index (χ1v) is 5.94. The number of carbonyl (C=O) groups is 2. The van der Waals surface area contributed by atoms with E-state index in [0.717, 1.165) is 0 Å². The molecule has 0 amide bonds. The van der Waals surface area contributed by atoms with E-state index in [4.69, 9.17) is 5.11 Å². The summed E-state index contributed by atoms with van der Waals surface area (Å²) < 4.78 is 0. The van der Waals surface area contributed by atoms with Crippen LogP contribution >= 0.6 is 23.1 Å². The minimum atomic E-state index is -1.03. The molecule has 4 nitrogen and oxygen atoms in total. The van der Waals surface area contributed by atoms with Gasteiger partial charge in [-0.2, -0.15) is 0 Å². The Morgan fingerprint density at radius 2 is 2.40 bits per heavy atom. The standard InChI is InChI=1S/C9H9NO3S2/c1-6(11)14-4-2-3-7-8(9(12)13)10-5-15-7/h2-3,5H,4H2,1H3,(H,12,13). The molecule has 0 aliphatic rings. The molecule has 0 unspecified atom stereocenters. The number of carbonyl (C=O) groups excluding carboxylic acids is 1. The van der Waals surface area contributed by atoms with Gasteiger partial charge in [0.15, 0.2) is 10.8 Å². The van der Waals surface area contributed by atoms with Crippen LogP contribution in [0.1, 0.15) is 22.3 Å². The third-order valence-corrected chi connectivity index (χ3v) is 3.01. The van der Waals surface area contributed by atoms with Crippen molar-refractivity contribution < 1.29 is 14.7 Å². The Kier molecular flexibility index (Phi) is 4.51.